The summed E-state index contributed by atoms with van der Waals surface area (Å²) in [4.78, 5) is 0. The van der Waals surface area contributed by atoms with E-state index in [9.17, 15) is 4.39 Å². The molecular formula is C34H53FN4. The third-order valence-electron chi connectivity index (χ3n) is 5.52. The van der Waals surface area contributed by atoms with E-state index >= 15 is 0 Å². The molecule has 2 aromatic rings. The largest absolute Gasteiger partial charge is 0.386 e. The van der Waals surface area contributed by atoms with Crippen LogP contribution in [0.5, 0.6) is 0 Å². The van der Waals surface area contributed by atoms with Gasteiger partial charge in [0.25, 0.3) is 0 Å². The van der Waals surface area contributed by atoms with Crippen LogP contribution in [0, 0.1) is 29.6 Å². The van der Waals surface area contributed by atoms with Crippen molar-refractivity contribution in [2.75, 3.05) is 5.32 Å². The lowest BCUT2D eigenvalue weighted by Crippen LogP contribution is -2.31. The molecule has 4 nitrogen and oxygen atoms in total. The SMILES string of the molecule is C#CC(/C=C(/F)C(=C)C)=C(/C)Nc1cccc2c1cnn2C.C=C(C)N[C@@H](C)C(C)CC(C)C.CC(C)(C)C. The molecule has 0 aliphatic carbocycles. The zero-order chi connectivity index (χ0) is 30.5. The van der Waals surface area contributed by atoms with Crippen LogP contribution in [0.1, 0.15) is 82.6 Å². The number of rotatable bonds is 9. The van der Waals surface area contributed by atoms with E-state index in [0.29, 0.717) is 28.3 Å². The molecule has 0 amide bonds. The monoisotopic (exact) mass is 536 g/mol. The Labute approximate surface area is 238 Å². The second-order valence-electron chi connectivity index (χ2n) is 12.4. The lowest BCUT2D eigenvalue weighted by atomic mass is 9.93. The van der Waals surface area contributed by atoms with Gasteiger partial charge in [0, 0.05) is 41.1 Å². The zero-order valence-corrected chi connectivity index (χ0v) is 26.6. The fourth-order valence-electron chi connectivity index (χ4n) is 3.54. The summed E-state index contributed by atoms with van der Waals surface area (Å²) in [6.07, 6.45) is 9.86. The molecule has 0 aliphatic rings. The number of hydrogen-bond donors (Lipinski definition) is 2. The number of nitrogens with one attached hydrogen (secondary N) is 2. The van der Waals surface area contributed by atoms with Crippen LogP contribution in [-0.4, -0.2) is 15.8 Å². The number of benzene rings is 1. The van der Waals surface area contributed by atoms with Crippen molar-refractivity contribution in [3.8, 4) is 12.3 Å². The highest BCUT2D eigenvalue weighted by atomic mass is 19.1. The lowest BCUT2D eigenvalue weighted by molar-refractivity contribution is 0.356. The number of hydrogen-bond acceptors (Lipinski definition) is 3. The van der Waals surface area contributed by atoms with Crippen molar-refractivity contribution in [1.82, 2.24) is 15.1 Å². The Hall–Kier alpha value is -3.26. The number of nitrogens with zero attached hydrogens (tertiary/aromatic N) is 2. The molecule has 2 atom stereocenters. The van der Waals surface area contributed by atoms with Gasteiger partial charge in [-0.1, -0.05) is 73.6 Å². The summed E-state index contributed by atoms with van der Waals surface area (Å²) in [5, 5.41) is 11.8. The van der Waals surface area contributed by atoms with Crippen molar-refractivity contribution in [2.45, 2.75) is 88.6 Å². The minimum atomic E-state index is -0.423. The average Bonchev–Trinajstić information content (AvgIpc) is 3.17. The maximum Gasteiger partial charge on any atom is 0.126 e. The summed E-state index contributed by atoms with van der Waals surface area (Å²) in [7, 11) is 1.88. The third-order valence-corrected chi connectivity index (χ3v) is 5.52. The minimum Gasteiger partial charge on any atom is -0.386 e. The van der Waals surface area contributed by atoms with E-state index in [2.05, 4.69) is 90.2 Å². The van der Waals surface area contributed by atoms with E-state index in [4.69, 9.17) is 6.42 Å². The van der Waals surface area contributed by atoms with Crippen molar-refractivity contribution >= 4 is 16.6 Å². The van der Waals surface area contributed by atoms with E-state index in [-0.39, 0.29) is 0 Å². The minimum absolute atomic E-state index is 0.343. The van der Waals surface area contributed by atoms with Crippen LogP contribution in [0.4, 0.5) is 10.1 Å². The van der Waals surface area contributed by atoms with E-state index in [0.717, 1.165) is 34.1 Å². The first-order valence-corrected chi connectivity index (χ1v) is 13.7. The highest BCUT2D eigenvalue weighted by molar-refractivity contribution is 5.92. The van der Waals surface area contributed by atoms with Gasteiger partial charge in [0.05, 0.1) is 11.7 Å². The number of terminal acetylenes is 1. The van der Waals surface area contributed by atoms with Crippen molar-refractivity contribution in [3.05, 3.63) is 72.0 Å². The predicted octanol–water partition coefficient (Wildman–Crippen LogP) is 9.55. The lowest BCUT2D eigenvalue weighted by Gasteiger charge is -2.23. The first kappa shape index (κ1) is 35.7. The molecule has 2 N–H and O–H groups in total. The van der Waals surface area contributed by atoms with Crippen molar-refractivity contribution in [2.24, 2.45) is 24.3 Å². The van der Waals surface area contributed by atoms with Gasteiger partial charge in [0.2, 0.25) is 0 Å². The molecule has 1 heterocycles. The van der Waals surface area contributed by atoms with Crippen LogP contribution in [0.2, 0.25) is 0 Å². The van der Waals surface area contributed by atoms with Crippen LogP contribution in [0.3, 0.4) is 0 Å². The second kappa shape index (κ2) is 16.6. The molecule has 0 saturated heterocycles. The van der Waals surface area contributed by atoms with Gasteiger partial charge in [-0.3, -0.25) is 4.68 Å². The third kappa shape index (κ3) is 15.1. The molecule has 0 aliphatic heterocycles. The van der Waals surface area contributed by atoms with Gasteiger partial charge in [0.15, 0.2) is 0 Å². The Bertz CT molecular complexity index is 1180. The summed E-state index contributed by atoms with van der Waals surface area (Å²) in [5.74, 6) is 3.59. The number of fused-ring (bicyclic) bond motifs is 1. The first-order chi connectivity index (χ1) is 17.9. The van der Waals surface area contributed by atoms with Gasteiger partial charge < -0.3 is 10.6 Å². The molecule has 1 aromatic carbocycles. The number of aryl methyl sites for hydroxylation is 1. The van der Waals surface area contributed by atoms with Gasteiger partial charge in [-0.2, -0.15) is 5.10 Å². The molecule has 0 spiro atoms. The van der Waals surface area contributed by atoms with Crippen LogP contribution < -0.4 is 10.6 Å². The van der Waals surface area contributed by atoms with Crippen LogP contribution in [0.15, 0.2) is 72.0 Å². The van der Waals surface area contributed by atoms with Crippen molar-refractivity contribution < 1.29 is 4.39 Å². The Morgan fingerprint density at radius 1 is 1.13 bits per heavy atom. The van der Waals surface area contributed by atoms with E-state index in [1.807, 2.05) is 39.1 Å². The second-order valence-corrected chi connectivity index (χ2v) is 12.4. The smallest absolute Gasteiger partial charge is 0.126 e. The molecule has 1 aromatic heterocycles. The van der Waals surface area contributed by atoms with Gasteiger partial charge in [0.1, 0.15) is 5.83 Å². The Kier molecular flexibility index (Phi) is 15.3. The zero-order valence-electron chi connectivity index (χ0n) is 26.6. The Morgan fingerprint density at radius 3 is 2.15 bits per heavy atom. The molecular weight excluding hydrogens is 483 g/mol. The summed E-state index contributed by atoms with van der Waals surface area (Å²) in [6, 6.07) is 6.39. The quantitative estimate of drug-likeness (QED) is 0.248. The fourth-order valence-corrected chi connectivity index (χ4v) is 3.54. The Morgan fingerprint density at radius 2 is 1.69 bits per heavy atom. The molecule has 0 saturated carbocycles. The molecule has 216 valence electrons. The highest BCUT2D eigenvalue weighted by Crippen LogP contribution is 2.25. The molecule has 39 heavy (non-hydrogen) atoms. The van der Waals surface area contributed by atoms with Crippen molar-refractivity contribution in [3.63, 3.8) is 0 Å². The average molecular weight is 537 g/mol. The van der Waals surface area contributed by atoms with E-state index < -0.39 is 5.83 Å². The maximum absolute atomic E-state index is 13.7. The van der Waals surface area contributed by atoms with Gasteiger partial charge >= 0.3 is 0 Å². The Balaban J connectivity index is 0.000000714. The first-order valence-electron chi connectivity index (χ1n) is 13.7. The maximum atomic E-state index is 13.7. The fraction of sp³-hybridized carbons (Fsp3) is 0.500. The standard InChI is InChI=1S/C18H18FN3.C11H23N.C5H12/c1-6-14(10-16(19)12(2)3)13(4)21-17-8-7-9-18-15(17)11-20-22(18)5;1-8(2)7-10(5)11(6)12-9(3)4;1-5(2,3)4/h1,7-11,21H,2H2,3-5H3;8,10-12H,3,7H2,1-2,4-6H3;1-4H3/b14-13+,16-10+;;/t;10?,11-;/m.0./s1. The van der Waals surface area contributed by atoms with Crippen molar-refractivity contribution in [1.29, 1.82) is 0 Å². The summed E-state index contributed by atoms with van der Waals surface area (Å²) in [5.41, 5.74) is 4.92. The van der Waals surface area contributed by atoms with Crippen LogP contribution >= 0.6 is 0 Å². The van der Waals surface area contributed by atoms with E-state index in [1.165, 1.54) is 12.5 Å². The number of halogens is 1. The van der Waals surface area contributed by atoms with Gasteiger partial charge in [-0.05, 0) is 75.1 Å². The molecule has 1 unspecified atom stereocenters. The number of anilines is 1. The van der Waals surface area contributed by atoms with Crippen LogP contribution in [0.25, 0.3) is 10.9 Å². The topological polar surface area (TPSA) is 41.9 Å². The van der Waals surface area contributed by atoms with E-state index in [1.54, 1.807) is 17.8 Å². The van der Waals surface area contributed by atoms with Gasteiger partial charge in [-0.15, -0.1) is 6.42 Å². The summed E-state index contributed by atoms with van der Waals surface area (Å²) in [6.45, 7) is 30.6. The van der Waals surface area contributed by atoms with Crippen LogP contribution in [-0.2, 0) is 7.05 Å². The number of allylic oxidation sites excluding steroid dienone is 6. The van der Waals surface area contributed by atoms with Gasteiger partial charge in [-0.25, -0.2) is 4.39 Å². The molecule has 0 bridgehead atoms. The molecule has 0 radical (unpaired) electrons. The molecule has 2 rings (SSSR count). The molecule has 5 heteroatoms. The summed E-state index contributed by atoms with van der Waals surface area (Å²) >= 11 is 0. The predicted molar refractivity (Wildman–Crippen MR) is 171 cm³/mol. The normalized spacial score (nSPS) is 13.6. The molecule has 0 fully saturated rings. The highest BCUT2D eigenvalue weighted by Gasteiger charge is 2.12. The number of aromatic nitrogens is 2. The summed E-state index contributed by atoms with van der Waals surface area (Å²) < 4.78 is 15.5.